The lowest BCUT2D eigenvalue weighted by atomic mass is 10.0. The number of carbonyl (C=O) groups is 2. The smallest absolute Gasteiger partial charge is 0.237 e. The molecule has 0 radical (unpaired) electrons. The number of ketones is 1. The van der Waals surface area contributed by atoms with Crippen molar-refractivity contribution in [3.05, 3.63) is 102 Å². The Bertz CT molecular complexity index is 941. The molecule has 0 aliphatic carbocycles. The van der Waals surface area contributed by atoms with Crippen LogP contribution in [0.1, 0.15) is 27.9 Å². The molecule has 0 saturated heterocycles. The second-order valence-corrected chi connectivity index (χ2v) is 6.98. The molecule has 3 aromatic rings. The molecule has 5 heteroatoms. The van der Waals surface area contributed by atoms with Crippen molar-refractivity contribution in [1.82, 2.24) is 10.6 Å². The summed E-state index contributed by atoms with van der Waals surface area (Å²) in [5.41, 5.74) is 2.61. The summed E-state index contributed by atoms with van der Waals surface area (Å²) in [5, 5.41) is 6.17. The normalized spacial score (nSPS) is 11.5. The first-order valence-electron chi connectivity index (χ1n) is 9.92. The number of Topliss-reactive ketones (excluding diaryl/α,β-unsaturated/α-hetero) is 1. The largest absolute Gasteiger partial charge is 0.497 e. The van der Waals surface area contributed by atoms with E-state index in [0.717, 1.165) is 11.1 Å². The van der Waals surface area contributed by atoms with Crippen LogP contribution in [-0.4, -0.2) is 24.8 Å². The van der Waals surface area contributed by atoms with Crippen LogP contribution in [0.25, 0.3) is 0 Å². The second-order valence-electron chi connectivity index (χ2n) is 6.98. The van der Waals surface area contributed by atoms with E-state index in [0.29, 0.717) is 24.4 Å². The maximum Gasteiger partial charge on any atom is 0.237 e. The highest BCUT2D eigenvalue weighted by atomic mass is 16.5. The number of benzene rings is 3. The standard InChI is InChI=1S/C25H26N2O3/c1-30-22-14-12-21(13-15-22)24(28)16-23(26-17-19-8-4-2-5-9-19)25(29)27-18-20-10-6-3-7-11-20/h2-15,23,26H,16-18H2,1H3,(H,27,29). The van der Waals surface area contributed by atoms with Crippen LogP contribution in [0.15, 0.2) is 84.9 Å². The summed E-state index contributed by atoms with van der Waals surface area (Å²) in [7, 11) is 1.58. The van der Waals surface area contributed by atoms with Gasteiger partial charge in [-0.1, -0.05) is 60.7 Å². The van der Waals surface area contributed by atoms with E-state index in [9.17, 15) is 9.59 Å². The van der Waals surface area contributed by atoms with E-state index < -0.39 is 6.04 Å². The molecule has 0 heterocycles. The van der Waals surface area contributed by atoms with E-state index in [1.807, 2.05) is 60.7 Å². The minimum absolute atomic E-state index is 0.0692. The molecule has 0 fully saturated rings. The minimum atomic E-state index is -0.636. The fraction of sp³-hybridized carbons (Fsp3) is 0.200. The molecule has 154 valence electrons. The second kappa shape index (κ2) is 10.9. The Balaban J connectivity index is 1.66. The van der Waals surface area contributed by atoms with Crippen LogP contribution in [0.2, 0.25) is 0 Å². The molecule has 0 aromatic heterocycles. The molecule has 0 saturated carbocycles. The van der Waals surface area contributed by atoms with Gasteiger partial charge in [0.1, 0.15) is 5.75 Å². The third-order valence-corrected chi connectivity index (χ3v) is 4.82. The van der Waals surface area contributed by atoms with Gasteiger partial charge in [-0.2, -0.15) is 0 Å². The number of amides is 1. The molecule has 2 N–H and O–H groups in total. The summed E-state index contributed by atoms with van der Waals surface area (Å²) in [5.74, 6) is 0.389. The fourth-order valence-electron chi connectivity index (χ4n) is 3.08. The van der Waals surface area contributed by atoms with Crippen molar-refractivity contribution in [2.75, 3.05) is 7.11 Å². The van der Waals surface area contributed by atoms with Gasteiger partial charge < -0.3 is 15.4 Å². The van der Waals surface area contributed by atoms with Crippen molar-refractivity contribution in [2.24, 2.45) is 0 Å². The molecule has 0 aliphatic heterocycles. The zero-order valence-corrected chi connectivity index (χ0v) is 17.0. The van der Waals surface area contributed by atoms with Gasteiger partial charge in [0.25, 0.3) is 0 Å². The number of methoxy groups -OCH3 is 1. The van der Waals surface area contributed by atoms with Crippen LogP contribution in [0.3, 0.4) is 0 Å². The number of carbonyl (C=O) groups excluding carboxylic acids is 2. The highest BCUT2D eigenvalue weighted by Gasteiger charge is 2.22. The van der Waals surface area contributed by atoms with Crippen molar-refractivity contribution in [3.8, 4) is 5.75 Å². The predicted molar refractivity (Wildman–Crippen MR) is 117 cm³/mol. The Morgan fingerprint density at radius 3 is 1.93 bits per heavy atom. The van der Waals surface area contributed by atoms with Crippen LogP contribution in [-0.2, 0) is 17.9 Å². The molecule has 1 amide bonds. The Morgan fingerprint density at radius 2 is 1.37 bits per heavy atom. The van der Waals surface area contributed by atoms with Gasteiger partial charge in [-0.15, -0.1) is 0 Å². The topological polar surface area (TPSA) is 67.4 Å². The van der Waals surface area contributed by atoms with Gasteiger partial charge >= 0.3 is 0 Å². The van der Waals surface area contributed by atoms with Crippen LogP contribution in [0.5, 0.6) is 5.75 Å². The maximum absolute atomic E-state index is 12.9. The summed E-state index contributed by atoms with van der Waals surface area (Å²) in [6.07, 6.45) is 0.0692. The minimum Gasteiger partial charge on any atom is -0.497 e. The van der Waals surface area contributed by atoms with Gasteiger partial charge in [0.05, 0.1) is 13.2 Å². The molecular formula is C25H26N2O3. The predicted octanol–water partition coefficient (Wildman–Crippen LogP) is 3.74. The average molecular weight is 402 g/mol. The Morgan fingerprint density at radius 1 is 0.800 bits per heavy atom. The summed E-state index contributed by atoms with van der Waals surface area (Å²) in [6.45, 7) is 0.917. The number of hydrogen-bond acceptors (Lipinski definition) is 4. The SMILES string of the molecule is COc1ccc(C(=O)CC(NCc2ccccc2)C(=O)NCc2ccccc2)cc1. The first-order valence-corrected chi connectivity index (χ1v) is 9.92. The fourth-order valence-corrected chi connectivity index (χ4v) is 3.08. The Labute approximate surface area is 177 Å². The average Bonchev–Trinajstić information content (AvgIpc) is 2.81. The van der Waals surface area contributed by atoms with Gasteiger partial charge in [-0.25, -0.2) is 0 Å². The third kappa shape index (κ3) is 6.29. The molecular weight excluding hydrogens is 376 g/mol. The van der Waals surface area contributed by atoms with E-state index in [-0.39, 0.29) is 18.1 Å². The van der Waals surface area contributed by atoms with Crippen LogP contribution < -0.4 is 15.4 Å². The van der Waals surface area contributed by atoms with E-state index in [1.54, 1.807) is 31.4 Å². The first-order chi connectivity index (χ1) is 14.7. The molecule has 5 nitrogen and oxygen atoms in total. The molecule has 1 atom stereocenters. The molecule has 30 heavy (non-hydrogen) atoms. The van der Waals surface area contributed by atoms with Crippen molar-refractivity contribution < 1.29 is 14.3 Å². The number of ether oxygens (including phenoxy) is 1. The summed E-state index contributed by atoms with van der Waals surface area (Å²) < 4.78 is 5.14. The van der Waals surface area contributed by atoms with E-state index >= 15 is 0 Å². The molecule has 3 rings (SSSR count). The van der Waals surface area contributed by atoms with Crippen molar-refractivity contribution >= 4 is 11.7 Å². The van der Waals surface area contributed by atoms with Gasteiger partial charge in [-0.05, 0) is 35.4 Å². The quantitative estimate of drug-likeness (QED) is 0.507. The lowest BCUT2D eigenvalue weighted by molar-refractivity contribution is -0.123. The van der Waals surface area contributed by atoms with Gasteiger partial charge in [0.15, 0.2) is 5.78 Å². The number of hydrogen-bond donors (Lipinski definition) is 2. The Kier molecular flexibility index (Phi) is 7.75. The molecule has 1 unspecified atom stereocenters. The van der Waals surface area contributed by atoms with Crippen LogP contribution in [0.4, 0.5) is 0 Å². The van der Waals surface area contributed by atoms with Crippen molar-refractivity contribution in [1.29, 1.82) is 0 Å². The third-order valence-electron chi connectivity index (χ3n) is 4.82. The van der Waals surface area contributed by atoms with E-state index in [4.69, 9.17) is 4.74 Å². The van der Waals surface area contributed by atoms with Crippen LogP contribution >= 0.6 is 0 Å². The van der Waals surface area contributed by atoms with E-state index in [2.05, 4.69) is 10.6 Å². The highest BCUT2D eigenvalue weighted by Crippen LogP contribution is 2.14. The monoisotopic (exact) mass is 402 g/mol. The van der Waals surface area contributed by atoms with Crippen molar-refractivity contribution in [2.45, 2.75) is 25.6 Å². The van der Waals surface area contributed by atoms with E-state index in [1.165, 1.54) is 0 Å². The Hall–Kier alpha value is -3.44. The molecule has 0 bridgehead atoms. The number of nitrogens with one attached hydrogen (secondary N) is 2. The lowest BCUT2D eigenvalue weighted by Crippen LogP contribution is -2.45. The molecule has 0 aliphatic rings. The number of rotatable bonds is 10. The maximum atomic E-state index is 12.9. The summed E-state index contributed by atoms with van der Waals surface area (Å²) in [4.78, 5) is 25.6. The van der Waals surface area contributed by atoms with Gasteiger partial charge in [-0.3, -0.25) is 9.59 Å². The van der Waals surface area contributed by atoms with Gasteiger partial charge in [0.2, 0.25) is 5.91 Å². The molecule has 3 aromatic carbocycles. The van der Waals surface area contributed by atoms with Crippen LogP contribution in [0, 0.1) is 0 Å². The summed E-state index contributed by atoms with van der Waals surface area (Å²) in [6, 6.07) is 25.8. The van der Waals surface area contributed by atoms with Crippen molar-refractivity contribution in [3.63, 3.8) is 0 Å². The summed E-state index contributed by atoms with van der Waals surface area (Å²) >= 11 is 0. The zero-order chi connectivity index (χ0) is 21.2. The first kappa shape index (κ1) is 21.3. The zero-order valence-electron chi connectivity index (χ0n) is 17.0. The molecule has 0 spiro atoms. The lowest BCUT2D eigenvalue weighted by Gasteiger charge is -2.18. The highest BCUT2D eigenvalue weighted by molar-refractivity contribution is 5.99. The van der Waals surface area contributed by atoms with Gasteiger partial charge in [0, 0.05) is 25.1 Å².